The Bertz CT molecular complexity index is 802. The lowest BCUT2D eigenvalue weighted by Crippen LogP contribution is -2.25. The quantitative estimate of drug-likeness (QED) is 0.870. The van der Waals surface area contributed by atoms with E-state index in [9.17, 15) is 4.79 Å². The van der Waals surface area contributed by atoms with Crippen molar-refractivity contribution in [2.24, 2.45) is 5.10 Å². The molecule has 0 radical (unpaired) electrons. The first-order valence-electron chi connectivity index (χ1n) is 7.71. The summed E-state index contributed by atoms with van der Waals surface area (Å²) in [5, 5.41) is 14.8. The number of carbonyl (C=O) groups is 1. The summed E-state index contributed by atoms with van der Waals surface area (Å²) in [5.74, 6) is 0.748. The number of amides is 1. The molecule has 0 aromatic heterocycles. The van der Waals surface area contributed by atoms with Gasteiger partial charge in [-0.05, 0) is 35.4 Å². The van der Waals surface area contributed by atoms with E-state index in [0.717, 1.165) is 29.0 Å². The second-order valence-corrected chi connectivity index (χ2v) is 5.53. The largest absolute Gasteiger partial charge is 0.497 e. The fraction of sp³-hybridized carbons (Fsp3) is 0.211. The molecular formula is C19H17N3O2. The average molecular weight is 319 g/mol. The summed E-state index contributed by atoms with van der Waals surface area (Å²) in [6.45, 7) is 0.588. The van der Waals surface area contributed by atoms with Gasteiger partial charge in [0.05, 0.1) is 37.4 Å². The van der Waals surface area contributed by atoms with Crippen molar-refractivity contribution in [2.75, 3.05) is 13.7 Å². The van der Waals surface area contributed by atoms with Crippen LogP contribution in [0.1, 0.15) is 23.1 Å². The van der Waals surface area contributed by atoms with Crippen molar-refractivity contribution in [1.82, 2.24) is 5.01 Å². The Balaban J connectivity index is 1.67. The van der Waals surface area contributed by atoms with Gasteiger partial charge in [0.25, 0.3) is 0 Å². The van der Waals surface area contributed by atoms with Gasteiger partial charge in [-0.3, -0.25) is 4.79 Å². The van der Waals surface area contributed by atoms with E-state index in [4.69, 9.17) is 10.00 Å². The van der Waals surface area contributed by atoms with Gasteiger partial charge in [0.1, 0.15) is 5.75 Å². The van der Waals surface area contributed by atoms with E-state index in [1.807, 2.05) is 36.4 Å². The molecule has 5 heteroatoms. The van der Waals surface area contributed by atoms with Crippen molar-refractivity contribution in [2.45, 2.75) is 12.8 Å². The maximum absolute atomic E-state index is 12.4. The standard InChI is InChI=1S/C19H17N3O2/c1-24-17-8-4-14(5-9-17)12-19(23)22-11-10-18(21-22)16-6-2-15(13-20)3-7-16/h2-9H,10-12H2,1H3. The Hall–Kier alpha value is -3.13. The van der Waals surface area contributed by atoms with Crippen molar-refractivity contribution < 1.29 is 9.53 Å². The zero-order valence-electron chi connectivity index (χ0n) is 13.4. The molecule has 0 saturated carbocycles. The summed E-state index contributed by atoms with van der Waals surface area (Å²) in [4.78, 5) is 12.4. The van der Waals surface area contributed by atoms with E-state index in [-0.39, 0.29) is 5.91 Å². The monoisotopic (exact) mass is 319 g/mol. The number of methoxy groups -OCH3 is 1. The molecule has 0 N–H and O–H groups in total. The minimum Gasteiger partial charge on any atom is -0.497 e. The van der Waals surface area contributed by atoms with Gasteiger partial charge in [-0.2, -0.15) is 10.4 Å². The molecule has 24 heavy (non-hydrogen) atoms. The van der Waals surface area contributed by atoms with Crippen LogP contribution in [-0.2, 0) is 11.2 Å². The minimum absolute atomic E-state index is 0.0242. The Morgan fingerprint density at radius 1 is 1.21 bits per heavy atom. The summed E-state index contributed by atoms with van der Waals surface area (Å²) in [5.41, 5.74) is 3.38. The molecule has 0 bridgehead atoms. The topological polar surface area (TPSA) is 65.7 Å². The Morgan fingerprint density at radius 3 is 2.54 bits per heavy atom. The Kier molecular flexibility index (Phi) is 4.57. The number of benzene rings is 2. The maximum Gasteiger partial charge on any atom is 0.247 e. The first kappa shape index (κ1) is 15.8. The van der Waals surface area contributed by atoms with Gasteiger partial charge in [-0.1, -0.05) is 24.3 Å². The molecule has 0 aliphatic carbocycles. The van der Waals surface area contributed by atoms with Gasteiger partial charge in [0, 0.05) is 6.42 Å². The molecule has 0 fully saturated rings. The Morgan fingerprint density at radius 2 is 1.92 bits per heavy atom. The van der Waals surface area contributed by atoms with Crippen molar-refractivity contribution in [3.05, 3.63) is 65.2 Å². The van der Waals surface area contributed by atoms with Crippen LogP contribution in [0, 0.1) is 11.3 Å². The van der Waals surface area contributed by atoms with Crippen LogP contribution in [0.25, 0.3) is 0 Å². The molecule has 1 heterocycles. The van der Waals surface area contributed by atoms with E-state index in [1.54, 1.807) is 19.2 Å². The summed E-state index contributed by atoms with van der Waals surface area (Å²) < 4.78 is 5.12. The highest BCUT2D eigenvalue weighted by Crippen LogP contribution is 2.17. The summed E-state index contributed by atoms with van der Waals surface area (Å²) in [6.07, 6.45) is 1.04. The molecule has 5 nitrogen and oxygen atoms in total. The van der Waals surface area contributed by atoms with Crippen LogP contribution in [0.4, 0.5) is 0 Å². The Labute approximate surface area is 140 Å². The van der Waals surface area contributed by atoms with Crippen LogP contribution < -0.4 is 4.74 Å². The zero-order chi connectivity index (χ0) is 16.9. The molecule has 0 atom stereocenters. The number of carbonyl (C=O) groups excluding carboxylic acids is 1. The lowest BCUT2D eigenvalue weighted by Gasteiger charge is -2.11. The summed E-state index contributed by atoms with van der Waals surface area (Å²) in [6, 6.07) is 16.8. The average Bonchev–Trinajstić information content (AvgIpc) is 3.13. The number of hydrogen-bond acceptors (Lipinski definition) is 4. The van der Waals surface area contributed by atoms with Crippen molar-refractivity contribution in [3.8, 4) is 11.8 Å². The lowest BCUT2D eigenvalue weighted by atomic mass is 10.1. The molecule has 0 spiro atoms. The maximum atomic E-state index is 12.4. The van der Waals surface area contributed by atoms with E-state index < -0.39 is 0 Å². The van der Waals surface area contributed by atoms with Gasteiger partial charge in [0.15, 0.2) is 0 Å². The molecule has 1 aliphatic rings. The number of hydrogen-bond donors (Lipinski definition) is 0. The third-order valence-corrected chi connectivity index (χ3v) is 3.95. The minimum atomic E-state index is -0.0242. The van der Waals surface area contributed by atoms with Gasteiger partial charge in [-0.25, -0.2) is 5.01 Å². The SMILES string of the molecule is COc1ccc(CC(=O)N2CCC(c3ccc(C#N)cc3)=N2)cc1. The van der Waals surface area contributed by atoms with Crippen LogP contribution >= 0.6 is 0 Å². The fourth-order valence-electron chi connectivity index (χ4n) is 2.59. The summed E-state index contributed by atoms with van der Waals surface area (Å²) >= 11 is 0. The third kappa shape index (κ3) is 3.44. The highest BCUT2D eigenvalue weighted by Gasteiger charge is 2.21. The van der Waals surface area contributed by atoms with Crippen molar-refractivity contribution in [1.29, 1.82) is 5.26 Å². The smallest absolute Gasteiger partial charge is 0.247 e. The van der Waals surface area contributed by atoms with Crippen LogP contribution in [0.2, 0.25) is 0 Å². The molecule has 3 rings (SSSR count). The van der Waals surface area contributed by atoms with Gasteiger partial charge >= 0.3 is 0 Å². The predicted octanol–water partition coefficient (Wildman–Crippen LogP) is 2.75. The molecule has 2 aromatic carbocycles. The van der Waals surface area contributed by atoms with Gasteiger partial charge in [-0.15, -0.1) is 0 Å². The second kappa shape index (κ2) is 6.97. The molecule has 1 amide bonds. The number of ether oxygens (including phenoxy) is 1. The normalized spacial score (nSPS) is 13.3. The van der Waals surface area contributed by atoms with Gasteiger partial charge in [0.2, 0.25) is 5.91 Å². The number of hydrazone groups is 1. The molecule has 0 unspecified atom stereocenters. The molecular weight excluding hydrogens is 302 g/mol. The highest BCUT2D eigenvalue weighted by molar-refractivity contribution is 6.02. The zero-order valence-corrected chi connectivity index (χ0v) is 13.4. The van der Waals surface area contributed by atoms with Crippen LogP contribution in [0.3, 0.4) is 0 Å². The first-order chi connectivity index (χ1) is 11.7. The highest BCUT2D eigenvalue weighted by atomic mass is 16.5. The first-order valence-corrected chi connectivity index (χ1v) is 7.71. The van der Waals surface area contributed by atoms with Gasteiger partial charge < -0.3 is 4.74 Å². The molecule has 0 saturated heterocycles. The number of nitrogens with zero attached hydrogens (tertiary/aromatic N) is 3. The lowest BCUT2D eigenvalue weighted by molar-refractivity contribution is -0.130. The summed E-state index contributed by atoms with van der Waals surface area (Å²) in [7, 11) is 1.61. The van der Waals surface area contributed by atoms with Crippen molar-refractivity contribution >= 4 is 11.6 Å². The van der Waals surface area contributed by atoms with Crippen LogP contribution in [-0.4, -0.2) is 30.3 Å². The van der Waals surface area contributed by atoms with E-state index in [1.165, 1.54) is 5.01 Å². The van der Waals surface area contributed by atoms with Crippen LogP contribution in [0.5, 0.6) is 5.75 Å². The number of rotatable bonds is 4. The predicted molar refractivity (Wildman–Crippen MR) is 90.7 cm³/mol. The fourth-order valence-corrected chi connectivity index (χ4v) is 2.59. The van der Waals surface area contributed by atoms with E-state index in [0.29, 0.717) is 18.5 Å². The molecule has 2 aromatic rings. The molecule has 120 valence electrons. The van der Waals surface area contributed by atoms with E-state index >= 15 is 0 Å². The third-order valence-electron chi connectivity index (χ3n) is 3.95. The second-order valence-electron chi connectivity index (χ2n) is 5.53. The van der Waals surface area contributed by atoms with Crippen LogP contribution in [0.15, 0.2) is 53.6 Å². The van der Waals surface area contributed by atoms with Crippen molar-refractivity contribution in [3.63, 3.8) is 0 Å². The van der Waals surface area contributed by atoms with E-state index in [2.05, 4.69) is 11.2 Å². The number of nitriles is 1. The molecule has 1 aliphatic heterocycles.